The van der Waals surface area contributed by atoms with Crippen LogP contribution in [0.5, 0.6) is 0 Å². The minimum Gasteiger partial charge on any atom is -0.451 e. The summed E-state index contributed by atoms with van der Waals surface area (Å²) in [5, 5.41) is 17.9. The molecule has 1 aromatic carbocycles. The first-order chi connectivity index (χ1) is 13.0. The lowest BCUT2D eigenvalue weighted by atomic mass is 10.2. The SMILES string of the molecule is CCCn1nnc(NC(=S)NC(=O)c2ccc(-c3cc(Cl)ccc3Cl)o2)n1. The lowest BCUT2D eigenvalue weighted by Crippen LogP contribution is -2.34. The molecule has 3 aromatic rings. The van der Waals surface area contributed by atoms with Gasteiger partial charge in [0.05, 0.1) is 11.6 Å². The van der Waals surface area contributed by atoms with Crippen molar-refractivity contribution in [3.05, 3.63) is 46.1 Å². The van der Waals surface area contributed by atoms with Crippen molar-refractivity contribution in [3.8, 4) is 11.3 Å². The number of carbonyl (C=O) groups is 1. The molecule has 0 aliphatic heterocycles. The molecule has 0 aliphatic rings. The van der Waals surface area contributed by atoms with Crippen molar-refractivity contribution in [2.24, 2.45) is 0 Å². The molecule has 8 nitrogen and oxygen atoms in total. The number of anilines is 1. The van der Waals surface area contributed by atoms with Crippen molar-refractivity contribution in [2.45, 2.75) is 19.9 Å². The summed E-state index contributed by atoms with van der Waals surface area (Å²) in [7, 11) is 0. The van der Waals surface area contributed by atoms with Gasteiger partial charge in [-0.05, 0) is 54.2 Å². The number of hydrogen-bond acceptors (Lipinski definition) is 6. The van der Waals surface area contributed by atoms with E-state index in [9.17, 15) is 4.79 Å². The van der Waals surface area contributed by atoms with Crippen LogP contribution in [0.15, 0.2) is 34.7 Å². The molecule has 0 unspecified atom stereocenters. The van der Waals surface area contributed by atoms with Crippen LogP contribution < -0.4 is 10.6 Å². The highest BCUT2D eigenvalue weighted by Gasteiger charge is 2.16. The van der Waals surface area contributed by atoms with Gasteiger partial charge in [-0.15, -0.1) is 5.10 Å². The molecule has 0 aliphatic carbocycles. The minimum absolute atomic E-state index is 0.0230. The second-order valence-electron chi connectivity index (χ2n) is 5.41. The third-order valence-electron chi connectivity index (χ3n) is 3.35. The Kier molecular flexibility index (Phi) is 6.04. The zero-order valence-corrected chi connectivity index (χ0v) is 16.4. The lowest BCUT2D eigenvalue weighted by molar-refractivity contribution is 0.0951. The highest BCUT2D eigenvalue weighted by molar-refractivity contribution is 7.80. The Morgan fingerprint density at radius 3 is 2.89 bits per heavy atom. The standard InChI is InChI=1S/C16H14Cl2N6O2S/c1-2-7-24-22-15(21-23-24)20-16(27)19-14(25)13-6-5-12(26-13)10-8-9(17)3-4-11(10)18/h3-6,8H,2,7H2,1H3,(H2,19,20,22,25,27). The number of rotatable bonds is 5. The molecule has 2 aromatic heterocycles. The van der Waals surface area contributed by atoms with E-state index in [1.54, 1.807) is 24.3 Å². The van der Waals surface area contributed by atoms with Crippen LogP contribution in [0.25, 0.3) is 11.3 Å². The van der Waals surface area contributed by atoms with Crippen LogP contribution in [0.4, 0.5) is 5.95 Å². The number of aromatic nitrogens is 4. The van der Waals surface area contributed by atoms with Crippen molar-refractivity contribution in [2.75, 3.05) is 5.32 Å². The Labute approximate surface area is 169 Å². The normalized spacial score (nSPS) is 10.6. The Bertz CT molecular complexity index is 987. The summed E-state index contributed by atoms with van der Waals surface area (Å²) in [6.45, 7) is 2.63. The largest absolute Gasteiger partial charge is 0.451 e. The average molecular weight is 425 g/mol. The number of tetrazole rings is 1. The third-order valence-corrected chi connectivity index (χ3v) is 4.12. The Hall–Kier alpha value is -2.49. The summed E-state index contributed by atoms with van der Waals surface area (Å²) in [5.41, 5.74) is 0.584. The van der Waals surface area contributed by atoms with Crippen molar-refractivity contribution in [1.82, 2.24) is 25.5 Å². The predicted molar refractivity (Wildman–Crippen MR) is 106 cm³/mol. The van der Waals surface area contributed by atoms with Gasteiger partial charge in [-0.25, -0.2) is 0 Å². The molecule has 0 saturated heterocycles. The number of halogens is 2. The van der Waals surface area contributed by atoms with Gasteiger partial charge in [-0.2, -0.15) is 4.80 Å². The van der Waals surface area contributed by atoms with E-state index in [1.807, 2.05) is 6.92 Å². The van der Waals surface area contributed by atoms with E-state index in [2.05, 4.69) is 26.0 Å². The van der Waals surface area contributed by atoms with Gasteiger partial charge in [0.2, 0.25) is 0 Å². The van der Waals surface area contributed by atoms with Crippen LogP contribution in [0.2, 0.25) is 10.0 Å². The highest BCUT2D eigenvalue weighted by Crippen LogP contribution is 2.31. The van der Waals surface area contributed by atoms with Gasteiger partial charge < -0.3 is 4.42 Å². The molecule has 11 heteroatoms. The van der Waals surface area contributed by atoms with E-state index >= 15 is 0 Å². The smallest absolute Gasteiger partial charge is 0.293 e. The molecule has 0 saturated carbocycles. The molecule has 2 N–H and O–H groups in total. The fourth-order valence-corrected chi connectivity index (χ4v) is 2.74. The van der Waals surface area contributed by atoms with E-state index in [4.69, 9.17) is 39.8 Å². The maximum Gasteiger partial charge on any atom is 0.293 e. The molecule has 140 valence electrons. The number of aryl methyl sites for hydroxylation is 1. The zero-order valence-electron chi connectivity index (χ0n) is 14.1. The summed E-state index contributed by atoms with van der Waals surface area (Å²) < 4.78 is 5.56. The highest BCUT2D eigenvalue weighted by atomic mass is 35.5. The predicted octanol–water partition coefficient (Wildman–Crippen LogP) is 3.78. The molecular weight excluding hydrogens is 411 g/mol. The second-order valence-corrected chi connectivity index (χ2v) is 6.66. The van der Waals surface area contributed by atoms with Crippen LogP contribution in [0.1, 0.15) is 23.9 Å². The Morgan fingerprint density at radius 1 is 1.30 bits per heavy atom. The van der Waals surface area contributed by atoms with Crippen molar-refractivity contribution in [1.29, 1.82) is 0 Å². The quantitative estimate of drug-likeness (QED) is 0.601. The monoisotopic (exact) mass is 424 g/mol. The van der Waals surface area contributed by atoms with Crippen LogP contribution in [-0.2, 0) is 6.54 Å². The first-order valence-electron chi connectivity index (χ1n) is 7.91. The van der Waals surface area contributed by atoms with Gasteiger partial charge in [0, 0.05) is 10.6 Å². The average Bonchev–Trinajstić information content (AvgIpc) is 3.27. The van der Waals surface area contributed by atoms with E-state index in [0.29, 0.717) is 27.9 Å². The molecule has 0 bridgehead atoms. The van der Waals surface area contributed by atoms with E-state index in [1.165, 1.54) is 10.9 Å². The van der Waals surface area contributed by atoms with Gasteiger partial charge in [0.25, 0.3) is 11.9 Å². The minimum atomic E-state index is -0.530. The van der Waals surface area contributed by atoms with Crippen LogP contribution in [0, 0.1) is 0 Å². The molecule has 27 heavy (non-hydrogen) atoms. The summed E-state index contributed by atoms with van der Waals surface area (Å²) in [6.07, 6.45) is 0.869. The maximum absolute atomic E-state index is 12.3. The van der Waals surface area contributed by atoms with E-state index in [-0.39, 0.29) is 16.8 Å². The Balaban J connectivity index is 1.65. The number of benzene rings is 1. The first kappa shape index (κ1) is 19.3. The van der Waals surface area contributed by atoms with Crippen molar-refractivity contribution < 1.29 is 9.21 Å². The molecule has 3 rings (SSSR count). The molecular formula is C16H14Cl2N6O2S. The maximum atomic E-state index is 12.3. The van der Waals surface area contributed by atoms with Crippen LogP contribution in [0.3, 0.4) is 0 Å². The van der Waals surface area contributed by atoms with Crippen molar-refractivity contribution >= 4 is 52.4 Å². The summed E-state index contributed by atoms with van der Waals surface area (Å²) in [4.78, 5) is 13.7. The Morgan fingerprint density at radius 2 is 2.11 bits per heavy atom. The van der Waals surface area contributed by atoms with Crippen LogP contribution in [-0.4, -0.2) is 31.2 Å². The number of nitrogens with one attached hydrogen (secondary N) is 2. The van der Waals surface area contributed by atoms with Crippen molar-refractivity contribution in [3.63, 3.8) is 0 Å². The van der Waals surface area contributed by atoms with Crippen LogP contribution >= 0.6 is 35.4 Å². The lowest BCUT2D eigenvalue weighted by Gasteiger charge is -2.05. The van der Waals surface area contributed by atoms with Gasteiger partial charge in [0.15, 0.2) is 10.9 Å². The number of carbonyl (C=O) groups excluding carboxylic acids is 1. The number of hydrogen-bond donors (Lipinski definition) is 2. The van der Waals surface area contributed by atoms with Gasteiger partial charge in [-0.3, -0.25) is 15.4 Å². The summed E-state index contributed by atoms with van der Waals surface area (Å²) >= 11 is 17.2. The first-order valence-corrected chi connectivity index (χ1v) is 9.08. The van der Waals surface area contributed by atoms with Gasteiger partial charge >= 0.3 is 0 Å². The van der Waals surface area contributed by atoms with Gasteiger partial charge in [-0.1, -0.05) is 35.2 Å². The molecule has 0 spiro atoms. The van der Waals surface area contributed by atoms with Gasteiger partial charge in [0.1, 0.15) is 5.76 Å². The topological polar surface area (TPSA) is 97.9 Å². The molecule has 0 atom stereocenters. The fraction of sp³-hybridized carbons (Fsp3) is 0.188. The molecule has 2 heterocycles. The number of amides is 1. The number of furan rings is 1. The molecule has 0 fully saturated rings. The summed E-state index contributed by atoms with van der Waals surface area (Å²) in [5.74, 6) is 0.140. The zero-order chi connectivity index (χ0) is 19.4. The fourth-order valence-electron chi connectivity index (χ4n) is 2.18. The number of thiocarbonyl (C=S) groups is 1. The second kappa shape index (κ2) is 8.47. The van der Waals surface area contributed by atoms with E-state index < -0.39 is 5.91 Å². The summed E-state index contributed by atoms with van der Waals surface area (Å²) in [6, 6.07) is 8.11. The molecule has 0 radical (unpaired) electrons. The number of nitrogens with zero attached hydrogens (tertiary/aromatic N) is 4. The molecule has 1 amide bonds. The van der Waals surface area contributed by atoms with E-state index in [0.717, 1.165) is 6.42 Å². The third kappa shape index (κ3) is 4.82.